The molecule has 16 heavy (non-hydrogen) atoms. The van der Waals surface area contributed by atoms with Crippen LogP contribution in [0.4, 0.5) is 5.69 Å². The lowest BCUT2D eigenvalue weighted by Crippen LogP contribution is -2.37. The molecule has 0 saturated carbocycles. The van der Waals surface area contributed by atoms with Crippen molar-refractivity contribution in [1.29, 1.82) is 0 Å². The Labute approximate surface area is 106 Å². The van der Waals surface area contributed by atoms with Gasteiger partial charge in [-0.25, -0.2) is 0 Å². The summed E-state index contributed by atoms with van der Waals surface area (Å²) in [6.07, 6.45) is 0. The number of aliphatic hydroxyl groups excluding tert-OH is 1. The molecule has 1 aliphatic heterocycles. The summed E-state index contributed by atoms with van der Waals surface area (Å²) in [4.78, 5) is 2.23. The van der Waals surface area contributed by atoms with Gasteiger partial charge in [-0.05, 0) is 17.7 Å². The highest BCUT2D eigenvalue weighted by molar-refractivity contribution is 9.10. The van der Waals surface area contributed by atoms with E-state index in [9.17, 15) is 4.21 Å². The second kappa shape index (κ2) is 5.29. The second-order valence-corrected chi connectivity index (χ2v) is 6.32. The van der Waals surface area contributed by atoms with Crippen molar-refractivity contribution in [3.05, 3.63) is 28.2 Å². The molecular formula is C11H14BrNO2S. The van der Waals surface area contributed by atoms with Gasteiger partial charge in [0.2, 0.25) is 0 Å². The molecule has 1 heterocycles. The Hall–Kier alpha value is -0.390. The minimum atomic E-state index is -0.639. The zero-order valence-electron chi connectivity index (χ0n) is 8.86. The van der Waals surface area contributed by atoms with Gasteiger partial charge in [0.05, 0.1) is 6.61 Å². The van der Waals surface area contributed by atoms with Crippen LogP contribution in [-0.4, -0.2) is 33.9 Å². The number of hydrogen-bond donors (Lipinski definition) is 1. The van der Waals surface area contributed by atoms with Crippen molar-refractivity contribution in [2.24, 2.45) is 0 Å². The third-order valence-electron chi connectivity index (χ3n) is 2.75. The van der Waals surface area contributed by atoms with Crippen molar-refractivity contribution in [1.82, 2.24) is 0 Å². The Morgan fingerprint density at radius 3 is 2.62 bits per heavy atom. The lowest BCUT2D eigenvalue weighted by molar-refractivity contribution is 0.281. The van der Waals surface area contributed by atoms with E-state index >= 15 is 0 Å². The van der Waals surface area contributed by atoms with Crippen LogP contribution >= 0.6 is 15.9 Å². The van der Waals surface area contributed by atoms with Gasteiger partial charge in [0, 0.05) is 45.6 Å². The lowest BCUT2D eigenvalue weighted by atomic mass is 10.2. The highest BCUT2D eigenvalue weighted by Crippen LogP contribution is 2.25. The van der Waals surface area contributed by atoms with E-state index < -0.39 is 10.8 Å². The summed E-state index contributed by atoms with van der Waals surface area (Å²) in [5.41, 5.74) is 2.02. The summed E-state index contributed by atoms with van der Waals surface area (Å²) < 4.78 is 12.2. The molecule has 0 aliphatic carbocycles. The van der Waals surface area contributed by atoms with Crippen LogP contribution in [0.2, 0.25) is 0 Å². The summed E-state index contributed by atoms with van der Waals surface area (Å²) in [7, 11) is -0.639. The SMILES string of the molecule is O=S1CCN(c2ccc(CO)c(Br)c2)CC1. The van der Waals surface area contributed by atoms with Gasteiger partial charge in [-0.15, -0.1) is 0 Å². The Bertz CT molecular complexity index is 401. The van der Waals surface area contributed by atoms with E-state index in [1.165, 1.54) is 0 Å². The molecule has 1 aromatic carbocycles. The number of benzene rings is 1. The largest absolute Gasteiger partial charge is 0.392 e. The van der Waals surface area contributed by atoms with E-state index in [0.717, 1.165) is 40.3 Å². The first kappa shape index (κ1) is 12.1. The molecule has 0 radical (unpaired) electrons. The predicted octanol–water partition coefficient (Wildman–Crippen LogP) is 1.51. The van der Waals surface area contributed by atoms with Gasteiger partial charge >= 0.3 is 0 Å². The van der Waals surface area contributed by atoms with Crippen molar-refractivity contribution in [3.63, 3.8) is 0 Å². The van der Waals surface area contributed by atoms with E-state index in [4.69, 9.17) is 5.11 Å². The third-order valence-corrected chi connectivity index (χ3v) is 4.76. The Kier molecular flexibility index (Phi) is 4.00. The van der Waals surface area contributed by atoms with E-state index in [0.29, 0.717) is 0 Å². The molecule has 0 atom stereocenters. The van der Waals surface area contributed by atoms with Gasteiger partial charge in [0.15, 0.2) is 0 Å². The summed E-state index contributed by atoms with van der Waals surface area (Å²) in [5.74, 6) is 1.50. The van der Waals surface area contributed by atoms with Crippen LogP contribution in [0.15, 0.2) is 22.7 Å². The van der Waals surface area contributed by atoms with Gasteiger partial charge in [-0.3, -0.25) is 4.21 Å². The van der Waals surface area contributed by atoms with Crippen LogP contribution in [0.5, 0.6) is 0 Å². The van der Waals surface area contributed by atoms with Crippen LogP contribution in [0.1, 0.15) is 5.56 Å². The summed E-state index contributed by atoms with van der Waals surface area (Å²) in [6, 6.07) is 5.94. The van der Waals surface area contributed by atoms with Crippen LogP contribution in [0, 0.1) is 0 Å². The van der Waals surface area contributed by atoms with Crippen LogP contribution < -0.4 is 4.90 Å². The van der Waals surface area contributed by atoms with Gasteiger partial charge in [-0.2, -0.15) is 0 Å². The first-order chi connectivity index (χ1) is 7.70. The first-order valence-electron chi connectivity index (χ1n) is 5.20. The van der Waals surface area contributed by atoms with E-state index in [-0.39, 0.29) is 6.61 Å². The maximum Gasteiger partial charge on any atom is 0.0692 e. The maximum atomic E-state index is 11.2. The molecule has 3 nitrogen and oxygen atoms in total. The second-order valence-electron chi connectivity index (χ2n) is 3.77. The monoisotopic (exact) mass is 303 g/mol. The van der Waals surface area contributed by atoms with Crippen molar-refractivity contribution in [3.8, 4) is 0 Å². The molecule has 0 spiro atoms. The number of aliphatic hydroxyl groups is 1. The smallest absolute Gasteiger partial charge is 0.0692 e. The van der Waals surface area contributed by atoms with Gasteiger partial charge < -0.3 is 10.0 Å². The third kappa shape index (κ3) is 2.64. The molecule has 0 bridgehead atoms. The standard InChI is InChI=1S/C11H14BrNO2S/c12-11-7-10(2-1-9(11)8-14)13-3-5-16(15)6-4-13/h1-2,7,14H,3-6,8H2. The molecule has 1 aliphatic rings. The minimum Gasteiger partial charge on any atom is -0.392 e. The average Bonchev–Trinajstić information content (AvgIpc) is 2.30. The molecule has 1 N–H and O–H groups in total. The summed E-state index contributed by atoms with van der Waals surface area (Å²) in [5, 5.41) is 9.07. The van der Waals surface area contributed by atoms with Crippen LogP contribution in [-0.2, 0) is 17.4 Å². The predicted molar refractivity (Wildman–Crippen MR) is 70.2 cm³/mol. The van der Waals surface area contributed by atoms with Crippen LogP contribution in [0.25, 0.3) is 0 Å². The van der Waals surface area contributed by atoms with Crippen molar-refractivity contribution in [2.75, 3.05) is 29.5 Å². The van der Waals surface area contributed by atoms with Gasteiger partial charge in [-0.1, -0.05) is 22.0 Å². The maximum absolute atomic E-state index is 11.2. The van der Waals surface area contributed by atoms with E-state index in [1.54, 1.807) is 0 Å². The number of nitrogens with zero attached hydrogens (tertiary/aromatic N) is 1. The fraction of sp³-hybridized carbons (Fsp3) is 0.455. The Morgan fingerprint density at radius 1 is 1.38 bits per heavy atom. The normalized spacial score (nSPS) is 17.8. The lowest BCUT2D eigenvalue weighted by Gasteiger charge is -2.28. The molecule has 88 valence electrons. The fourth-order valence-corrected chi connectivity index (χ4v) is 3.30. The van der Waals surface area contributed by atoms with E-state index in [1.807, 2.05) is 18.2 Å². The van der Waals surface area contributed by atoms with Crippen molar-refractivity contribution >= 4 is 32.4 Å². The zero-order valence-corrected chi connectivity index (χ0v) is 11.3. The molecule has 5 heteroatoms. The zero-order chi connectivity index (χ0) is 11.5. The first-order valence-corrected chi connectivity index (χ1v) is 7.48. The number of anilines is 1. The highest BCUT2D eigenvalue weighted by Gasteiger charge is 2.15. The molecular weight excluding hydrogens is 290 g/mol. The topological polar surface area (TPSA) is 40.5 Å². The molecule has 2 rings (SSSR count). The van der Waals surface area contributed by atoms with Gasteiger partial charge in [0.25, 0.3) is 0 Å². The van der Waals surface area contributed by atoms with Crippen molar-refractivity contribution in [2.45, 2.75) is 6.61 Å². The quantitative estimate of drug-likeness (QED) is 0.900. The molecule has 1 saturated heterocycles. The molecule has 0 aromatic heterocycles. The molecule has 1 fully saturated rings. The molecule has 0 unspecified atom stereocenters. The Morgan fingerprint density at radius 2 is 2.06 bits per heavy atom. The van der Waals surface area contributed by atoms with Gasteiger partial charge in [0.1, 0.15) is 0 Å². The average molecular weight is 304 g/mol. The van der Waals surface area contributed by atoms with Crippen LogP contribution in [0.3, 0.4) is 0 Å². The fourth-order valence-electron chi connectivity index (χ4n) is 1.76. The Balaban J connectivity index is 2.15. The molecule has 1 aromatic rings. The minimum absolute atomic E-state index is 0.0465. The number of hydrogen-bond acceptors (Lipinski definition) is 3. The van der Waals surface area contributed by atoms with E-state index in [2.05, 4.69) is 20.8 Å². The number of rotatable bonds is 2. The number of halogens is 1. The molecule has 0 amide bonds. The highest BCUT2D eigenvalue weighted by atomic mass is 79.9. The summed E-state index contributed by atoms with van der Waals surface area (Å²) >= 11 is 3.44. The van der Waals surface area contributed by atoms with Crippen molar-refractivity contribution < 1.29 is 9.32 Å². The summed E-state index contributed by atoms with van der Waals surface area (Å²) in [6.45, 7) is 1.74.